The van der Waals surface area contributed by atoms with Gasteiger partial charge in [0.2, 0.25) is 5.89 Å². The molecule has 1 aromatic carbocycles. The van der Waals surface area contributed by atoms with Crippen LogP contribution in [0.4, 0.5) is 11.7 Å². The van der Waals surface area contributed by atoms with Crippen molar-refractivity contribution in [3.05, 3.63) is 35.7 Å². The van der Waals surface area contributed by atoms with Gasteiger partial charge in [-0.05, 0) is 24.6 Å². The molecule has 0 unspecified atom stereocenters. The standard InChI is InChI=1S/C10H12N4O/c1-7-3-2-4-8(5-7)12-10-14-13-9(6-11)15-10/h2-5H,6,11H2,1H3,(H,12,14). The summed E-state index contributed by atoms with van der Waals surface area (Å²) in [6, 6.07) is 8.26. The van der Waals surface area contributed by atoms with Gasteiger partial charge in [-0.15, -0.1) is 5.10 Å². The van der Waals surface area contributed by atoms with E-state index in [1.54, 1.807) is 0 Å². The zero-order valence-corrected chi connectivity index (χ0v) is 8.40. The van der Waals surface area contributed by atoms with E-state index >= 15 is 0 Å². The van der Waals surface area contributed by atoms with Gasteiger partial charge in [0.25, 0.3) is 0 Å². The van der Waals surface area contributed by atoms with Gasteiger partial charge in [0, 0.05) is 5.69 Å². The summed E-state index contributed by atoms with van der Waals surface area (Å²) in [4.78, 5) is 0. The van der Waals surface area contributed by atoms with E-state index in [0.717, 1.165) is 5.69 Å². The second kappa shape index (κ2) is 4.10. The van der Waals surface area contributed by atoms with E-state index < -0.39 is 0 Å². The Labute approximate surface area is 87.3 Å². The molecule has 0 radical (unpaired) electrons. The second-order valence-corrected chi connectivity index (χ2v) is 3.20. The largest absolute Gasteiger partial charge is 0.406 e. The lowest BCUT2D eigenvalue weighted by Gasteiger charge is -2.01. The Morgan fingerprint density at radius 1 is 1.40 bits per heavy atom. The van der Waals surface area contributed by atoms with Gasteiger partial charge in [-0.3, -0.25) is 0 Å². The Morgan fingerprint density at radius 2 is 2.27 bits per heavy atom. The molecule has 0 spiro atoms. The van der Waals surface area contributed by atoms with Crippen molar-refractivity contribution in [2.45, 2.75) is 13.5 Å². The van der Waals surface area contributed by atoms with Gasteiger partial charge in [0.05, 0.1) is 6.54 Å². The fraction of sp³-hybridized carbons (Fsp3) is 0.200. The molecule has 0 amide bonds. The number of hydrogen-bond acceptors (Lipinski definition) is 5. The molecule has 3 N–H and O–H groups in total. The first-order chi connectivity index (χ1) is 7.28. The van der Waals surface area contributed by atoms with Gasteiger partial charge in [-0.2, -0.15) is 0 Å². The highest BCUT2D eigenvalue weighted by Crippen LogP contribution is 2.15. The van der Waals surface area contributed by atoms with Crippen LogP contribution in [-0.4, -0.2) is 10.2 Å². The van der Waals surface area contributed by atoms with Crippen LogP contribution in [-0.2, 0) is 6.54 Å². The van der Waals surface area contributed by atoms with Crippen molar-refractivity contribution in [3.63, 3.8) is 0 Å². The smallest absolute Gasteiger partial charge is 0.320 e. The van der Waals surface area contributed by atoms with Crippen LogP contribution < -0.4 is 11.1 Å². The van der Waals surface area contributed by atoms with E-state index in [-0.39, 0.29) is 6.54 Å². The molecular formula is C10H12N4O. The highest BCUT2D eigenvalue weighted by molar-refractivity contribution is 5.52. The molecule has 0 saturated carbocycles. The first kappa shape index (κ1) is 9.67. The monoisotopic (exact) mass is 204 g/mol. The molecule has 0 aliphatic carbocycles. The number of hydrogen-bond donors (Lipinski definition) is 2. The van der Waals surface area contributed by atoms with Gasteiger partial charge in [0.15, 0.2) is 0 Å². The van der Waals surface area contributed by atoms with Gasteiger partial charge in [-0.1, -0.05) is 17.2 Å². The van der Waals surface area contributed by atoms with Gasteiger partial charge >= 0.3 is 6.01 Å². The van der Waals surface area contributed by atoms with E-state index in [0.29, 0.717) is 11.9 Å². The van der Waals surface area contributed by atoms with E-state index in [1.807, 2.05) is 31.2 Å². The molecule has 0 bridgehead atoms. The summed E-state index contributed by atoms with van der Waals surface area (Å²) in [6.45, 7) is 2.27. The Balaban J connectivity index is 2.14. The summed E-state index contributed by atoms with van der Waals surface area (Å²) >= 11 is 0. The van der Waals surface area contributed by atoms with Crippen LogP contribution >= 0.6 is 0 Å². The van der Waals surface area contributed by atoms with Crippen LogP contribution in [0.2, 0.25) is 0 Å². The minimum absolute atomic E-state index is 0.252. The van der Waals surface area contributed by atoms with E-state index in [4.69, 9.17) is 10.2 Å². The van der Waals surface area contributed by atoms with Crippen LogP contribution in [0.1, 0.15) is 11.5 Å². The summed E-state index contributed by atoms with van der Waals surface area (Å²) in [5.74, 6) is 0.421. The highest BCUT2D eigenvalue weighted by Gasteiger charge is 2.03. The fourth-order valence-electron chi connectivity index (χ4n) is 1.23. The van der Waals surface area contributed by atoms with Crippen LogP contribution in [0, 0.1) is 6.92 Å². The van der Waals surface area contributed by atoms with Crippen molar-refractivity contribution in [1.29, 1.82) is 0 Å². The zero-order valence-electron chi connectivity index (χ0n) is 8.40. The molecule has 0 saturated heterocycles. The Bertz CT molecular complexity index is 452. The molecule has 78 valence electrons. The third-order valence-electron chi connectivity index (χ3n) is 1.91. The molecular weight excluding hydrogens is 192 g/mol. The lowest BCUT2D eigenvalue weighted by Crippen LogP contribution is -1.95. The molecule has 0 aliphatic heterocycles. The number of benzene rings is 1. The first-order valence-electron chi connectivity index (χ1n) is 4.64. The quantitative estimate of drug-likeness (QED) is 0.793. The average Bonchev–Trinajstić information content (AvgIpc) is 2.65. The molecule has 0 fully saturated rings. The van der Waals surface area contributed by atoms with Crippen LogP contribution in [0.25, 0.3) is 0 Å². The number of aryl methyl sites for hydroxylation is 1. The van der Waals surface area contributed by atoms with Gasteiger partial charge in [-0.25, -0.2) is 0 Å². The Kier molecular flexibility index (Phi) is 2.64. The molecule has 15 heavy (non-hydrogen) atoms. The van der Waals surface area contributed by atoms with Crippen molar-refractivity contribution in [1.82, 2.24) is 10.2 Å². The zero-order chi connectivity index (χ0) is 10.7. The first-order valence-corrected chi connectivity index (χ1v) is 4.64. The van der Waals surface area contributed by atoms with Crippen molar-refractivity contribution in [3.8, 4) is 0 Å². The predicted octanol–water partition coefficient (Wildman–Crippen LogP) is 1.58. The number of nitrogens with zero attached hydrogens (tertiary/aromatic N) is 2. The average molecular weight is 204 g/mol. The molecule has 1 aromatic heterocycles. The Hall–Kier alpha value is -1.88. The second-order valence-electron chi connectivity index (χ2n) is 3.20. The van der Waals surface area contributed by atoms with Crippen molar-refractivity contribution >= 4 is 11.7 Å². The van der Waals surface area contributed by atoms with E-state index in [2.05, 4.69) is 15.5 Å². The lowest BCUT2D eigenvalue weighted by molar-refractivity contribution is 0.511. The molecule has 2 aromatic rings. The predicted molar refractivity (Wildman–Crippen MR) is 56.7 cm³/mol. The highest BCUT2D eigenvalue weighted by atomic mass is 16.4. The number of anilines is 2. The van der Waals surface area contributed by atoms with Crippen molar-refractivity contribution < 1.29 is 4.42 Å². The Morgan fingerprint density at radius 3 is 2.93 bits per heavy atom. The fourth-order valence-corrected chi connectivity index (χ4v) is 1.23. The molecule has 5 nitrogen and oxygen atoms in total. The van der Waals surface area contributed by atoms with E-state index in [1.165, 1.54) is 5.56 Å². The summed E-state index contributed by atoms with van der Waals surface area (Å²) in [6.07, 6.45) is 0. The number of rotatable bonds is 3. The molecule has 2 rings (SSSR count). The van der Waals surface area contributed by atoms with Gasteiger partial charge < -0.3 is 15.5 Å². The van der Waals surface area contributed by atoms with Crippen LogP contribution in [0.5, 0.6) is 0 Å². The number of nitrogens with two attached hydrogens (primary N) is 1. The molecule has 0 atom stereocenters. The number of nitrogens with one attached hydrogen (secondary N) is 1. The van der Waals surface area contributed by atoms with Gasteiger partial charge in [0.1, 0.15) is 0 Å². The third-order valence-corrected chi connectivity index (χ3v) is 1.91. The summed E-state index contributed by atoms with van der Waals surface area (Å²) in [7, 11) is 0. The minimum atomic E-state index is 0.252. The van der Waals surface area contributed by atoms with E-state index in [9.17, 15) is 0 Å². The van der Waals surface area contributed by atoms with Crippen molar-refractivity contribution in [2.75, 3.05) is 5.32 Å². The summed E-state index contributed by atoms with van der Waals surface area (Å²) in [5.41, 5.74) is 7.44. The maximum absolute atomic E-state index is 5.36. The van der Waals surface area contributed by atoms with Crippen LogP contribution in [0.3, 0.4) is 0 Å². The minimum Gasteiger partial charge on any atom is -0.406 e. The topological polar surface area (TPSA) is 77.0 Å². The third kappa shape index (κ3) is 2.32. The molecule has 0 aliphatic rings. The van der Waals surface area contributed by atoms with Crippen molar-refractivity contribution in [2.24, 2.45) is 5.73 Å². The maximum Gasteiger partial charge on any atom is 0.320 e. The SMILES string of the molecule is Cc1cccc(Nc2nnc(CN)o2)c1. The summed E-state index contributed by atoms with van der Waals surface area (Å²) in [5, 5.41) is 10.6. The number of aromatic nitrogens is 2. The maximum atomic E-state index is 5.36. The summed E-state index contributed by atoms with van der Waals surface area (Å²) < 4.78 is 5.22. The molecule has 5 heteroatoms. The molecule has 1 heterocycles. The normalized spacial score (nSPS) is 10.3. The lowest BCUT2D eigenvalue weighted by atomic mass is 10.2. The van der Waals surface area contributed by atoms with Crippen LogP contribution in [0.15, 0.2) is 28.7 Å².